The Morgan fingerprint density at radius 1 is 0.880 bits per heavy atom. The molecule has 0 unspecified atom stereocenters. The van der Waals surface area contributed by atoms with E-state index < -0.39 is 16.6 Å². The van der Waals surface area contributed by atoms with E-state index in [1.54, 1.807) is 24.3 Å². The monoisotopic (exact) mass is 377 g/mol. The molecule has 0 radical (unpaired) electrons. The number of fused-ring (bicyclic) bond motifs is 1. The van der Waals surface area contributed by atoms with Gasteiger partial charge in [-0.15, -0.1) is 0 Å². The maximum atomic E-state index is 12.8. The standard InChI is InChI=1S/C18H27NO4Si2/c1-8-15(18(22-24(2,3)4)23-25(5,6)7)19-16(20)13-11-9-10-12-14(13)17(19)21/h9-12H,8H2,1-7H3. The Bertz CT molecular complexity index is 676. The van der Waals surface area contributed by atoms with Gasteiger partial charge in [0.1, 0.15) is 5.70 Å². The van der Waals surface area contributed by atoms with Crippen molar-refractivity contribution in [1.82, 2.24) is 4.90 Å². The minimum Gasteiger partial charge on any atom is -0.519 e. The van der Waals surface area contributed by atoms with E-state index in [0.29, 0.717) is 29.2 Å². The molecule has 0 saturated heterocycles. The van der Waals surface area contributed by atoms with E-state index in [4.69, 9.17) is 8.85 Å². The van der Waals surface area contributed by atoms with Crippen LogP contribution in [0.25, 0.3) is 0 Å². The smallest absolute Gasteiger partial charge is 0.272 e. The SMILES string of the molecule is CCC(=C(O[Si](C)(C)C)O[Si](C)(C)C)N1C(=O)c2ccccc2C1=O. The maximum absolute atomic E-state index is 12.8. The molecule has 1 aromatic rings. The lowest BCUT2D eigenvalue weighted by Gasteiger charge is -2.31. The first-order chi connectivity index (χ1) is 11.4. The fraction of sp³-hybridized carbons (Fsp3) is 0.444. The fourth-order valence-electron chi connectivity index (χ4n) is 2.52. The van der Waals surface area contributed by atoms with Gasteiger partial charge in [-0.25, -0.2) is 4.90 Å². The number of carbonyl (C=O) groups is 2. The number of rotatable bonds is 6. The van der Waals surface area contributed by atoms with Gasteiger partial charge in [-0.2, -0.15) is 0 Å². The van der Waals surface area contributed by atoms with Crippen LogP contribution in [0.3, 0.4) is 0 Å². The molecule has 7 heteroatoms. The average Bonchev–Trinajstić information content (AvgIpc) is 2.70. The van der Waals surface area contributed by atoms with E-state index >= 15 is 0 Å². The van der Waals surface area contributed by atoms with Crippen molar-refractivity contribution in [2.75, 3.05) is 0 Å². The number of allylic oxidation sites excluding steroid dienone is 1. The molecule has 0 fully saturated rings. The molecule has 1 aromatic carbocycles. The Kier molecular flexibility index (Phi) is 5.29. The second kappa shape index (κ2) is 6.80. The second-order valence-corrected chi connectivity index (χ2v) is 16.9. The van der Waals surface area contributed by atoms with Crippen LogP contribution in [0.1, 0.15) is 34.1 Å². The Morgan fingerprint density at radius 2 is 1.28 bits per heavy atom. The summed E-state index contributed by atoms with van der Waals surface area (Å²) in [4.78, 5) is 26.9. The summed E-state index contributed by atoms with van der Waals surface area (Å²) < 4.78 is 12.3. The van der Waals surface area contributed by atoms with E-state index in [1.165, 1.54) is 4.90 Å². The Hall–Kier alpha value is -1.87. The highest BCUT2D eigenvalue weighted by atomic mass is 28.4. The molecule has 0 bridgehead atoms. The predicted molar refractivity (Wildman–Crippen MR) is 103 cm³/mol. The molecule has 2 rings (SSSR count). The zero-order valence-electron chi connectivity index (χ0n) is 16.1. The molecule has 136 valence electrons. The number of carbonyl (C=O) groups excluding carboxylic acids is 2. The molecule has 2 amide bonds. The topological polar surface area (TPSA) is 55.8 Å². The minimum atomic E-state index is -1.98. The molecule has 0 atom stereocenters. The molecule has 0 saturated carbocycles. The van der Waals surface area contributed by atoms with Crippen molar-refractivity contribution < 1.29 is 18.4 Å². The van der Waals surface area contributed by atoms with E-state index in [-0.39, 0.29) is 11.8 Å². The van der Waals surface area contributed by atoms with Gasteiger partial charge in [-0.05, 0) is 57.8 Å². The number of hydrogen-bond donors (Lipinski definition) is 0. The lowest BCUT2D eigenvalue weighted by atomic mass is 10.1. The molecule has 1 aliphatic heterocycles. The van der Waals surface area contributed by atoms with E-state index in [1.807, 2.05) is 6.92 Å². The van der Waals surface area contributed by atoms with Gasteiger partial charge < -0.3 is 8.85 Å². The van der Waals surface area contributed by atoms with Crippen LogP contribution in [0.2, 0.25) is 39.3 Å². The quantitative estimate of drug-likeness (QED) is 0.414. The number of benzene rings is 1. The van der Waals surface area contributed by atoms with Crippen molar-refractivity contribution in [3.63, 3.8) is 0 Å². The van der Waals surface area contributed by atoms with Crippen LogP contribution in [0, 0.1) is 0 Å². The van der Waals surface area contributed by atoms with Gasteiger partial charge in [-0.1, -0.05) is 19.1 Å². The van der Waals surface area contributed by atoms with E-state index in [2.05, 4.69) is 39.3 Å². The molecule has 0 aromatic heterocycles. The Balaban J connectivity index is 2.55. The molecule has 1 heterocycles. The van der Waals surface area contributed by atoms with Crippen molar-refractivity contribution in [3.05, 3.63) is 47.0 Å². The second-order valence-electron chi connectivity index (χ2n) is 8.01. The normalized spacial score (nSPS) is 14.4. The summed E-state index contributed by atoms with van der Waals surface area (Å²) in [7, 11) is -3.97. The molecule has 0 aliphatic carbocycles. The average molecular weight is 378 g/mol. The predicted octanol–water partition coefficient (Wildman–Crippen LogP) is 4.56. The van der Waals surface area contributed by atoms with Gasteiger partial charge in [0.05, 0.1) is 11.1 Å². The first kappa shape index (κ1) is 19.5. The van der Waals surface area contributed by atoms with Crippen molar-refractivity contribution >= 4 is 28.4 Å². The summed E-state index contributed by atoms with van der Waals surface area (Å²) in [6, 6.07) is 6.89. The highest BCUT2D eigenvalue weighted by molar-refractivity contribution is 6.71. The van der Waals surface area contributed by atoms with Crippen molar-refractivity contribution in [1.29, 1.82) is 0 Å². The summed E-state index contributed by atoms with van der Waals surface area (Å²) in [6.07, 6.45) is 0.468. The Labute approximate surface area is 151 Å². The first-order valence-electron chi connectivity index (χ1n) is 8.53. The summed E-state index contributed by atoms with van der Waals surface area (Å²) in [5.74, 6) is -0.281. The van der Waals surface area contributed by atoms with Crippen LogP contribution in [0.15, 0.2) is 35.9 Å². The molecule has 0 spiro atoms. The van der Waals surface area contributed by atoms with Crippen molar-refractivity contribution in [3.8, 4) is 0 Å². The molecule has 5 nitrogen and oxygen atoms in total. The number of nitrogens with zero attached hydrogens (tertiary/aromatic N) is 1. The zero-order valence-corrected chi connectivity index (χ0v) is 18.1. The van der Waals surface area contributed by atoms with Gasteiger partial charge in [-0.3, -0.25) is 9.59 Å². The van der Waals surface area contributed by atoms with Crippen molar-refractivity contribution in [2.45, 2.75) is 52.6 Å². The molecule has 1 aliphatic rings. The Morgan fingerprint density at radius 3 is 1.60 bits per heavy atom. The van der Waals surface area contributed by atoms with Crippen LogP contribution >= 0.6 is 0 Å². The third-order valence-corrected chi connectivity index (χ3v) is 5.03. The van der Waals surface area contributed by atoms with Gasteiger partial charge in [0.15, 0.2) is 0 Å². The highest BCUT2D eigenvalue weighted by Gasteiger charge is 2.40. The number of imide groups is 1. The summed E-state index contributed by atoms with van der Waals surface area (Å²) in [6.45, 7) is 14.2. The maximum Gasteiger partial charge on any atom is 0.272 e. The van der Waals surface area contributed by atoms with Crippen LogP contribution in [-0.4, -0.2) is 33.3 Å². The molecule has 0 N–H and O–H groups in total. The largest absolute Gasteiger partial charge is 0.519 e. The van der Waals surface area contributed by atoms with Crippen LogP contribution in [0.4, 0.5) is 0 Å². The van der Waals surface area contributed by atoms with Gasteiger partial charge >= 0.3 is 0 Å². The van der Waals surface area contributed by atoms with E-state index in [0.717, 1.165) is 0 Å². The van der Waals surface area contributed by atoms with Crippen LogP contribution < -0.4 is 0 Å². The fourth-order valence-corrected chi connectivity index (χ4v) is 4.04. The zero-order chi connectivity index (χ0) is 19.0. The minimum absolute atomic E-state index is 0.312. The van der Waals surface area contributed by atoms with Crippen LogP contribution in [0.5, 0.6) is 0 Å². The van der Waals surface area contributed by atoms with Crippen LogP contribution in [-0.2, 0) is 8.85 Å². The third-order valence-electron chi connectivity index (χ3n) is 3.43. The summed E-state index contributed by atoms with van der Waals surface area (Å²) >= 11 is 0. The number of hydrogen-bond acceptors (Lipinski definition) is 4. The lowest BCUT2D eigenvalue weighted by Crippen LogP contribution is -2.37. The molecular weight excluding hydrogens is 350 g/mol. The van der Waals surface area contributed by atoms with Crippen molar-refractivity contribution in [2.24, 2.45) is 0 Å². The lowest BCUT2D eigenvalue weighted by molar-refractivity contribution is 0.0673. The van der Waals surface area contributed by atoms with Gasteiger partial charge in [0.25, 0.3) is 17.8 Å². The van der Waals surface area contributed by atoms with E-state index in [9.17, 15) is 9.59 Å². The van der Waals surface area contributed by atoms with Gasteiger partial charge in [0.2, 0.25) is 16.6 Å². The summed E-state index contributed by atoms with van der Waals surface area (Å²) in [5, 5.41) is 0. The molecular formula is C18H27NO4Si2. The third kappa shape index (κ3) is 4.40. The highest BCUT2D eigenvalue weighted by Crippen LogP contribution is 2.31. The number of amides is 2. The molecule has 25 heavy (non-hydrogen) atoms. The first-order valence-corrected chi connectivity index (χ1v) is 15.4. The summed E-state index contributed by atoms with van der Waals surface area (Å²) in [5.41, 5.74) is 1.37. The van der Waals surface area contributed by atoms with Gasteiger partial charge in [0, 0.05) is 0 Å².